The van der Waals surface area contributed by atoms with Gasteiger partial charge < -0.3 is 19.4 Å². The van der Waals surface area contributed by atoms with Crippen LogP contribution in [0.1, 0.15) is 41.4 Å². The average Bonchev–Trinajstić information content (AvgIpc) is 3.06. The number of hydrogen-bond acceptors (Lipinski definition) is 7. The van der Waals surface area contributed by atoms with Gasteiger partial charge in [-0.2, -0.15) is 0 Å². The average molecular weight is 581 g/mol. The van der Waals surface area contributed by atoms with E-state index in [9.17, 15) is 29.3 Å². The summed E-state index contributed by atoms with van der Waals surface area (Å²) in [6.45, 7) is 0. The number of rotatable bonds is 8. The highest BCUT2D eigenvalue weighted by Gasteiger charge is 2.19. The quantitative estimate of drug-likeness (QED) is 0.159. The van der Waals surface area contributed by atoms with Gasteiger partial charge in [-0.25, -0.2) is 4.79 Å². The van der Waals surface area contributed by atoms with Crippen molar-refractivity contribution >= 4 is 46.4 Å². The normalized spacial score (nSPS) is 10.4. The summed E-state index contributed by atoms with van der Waals surface area (Å²) in [6.07, 6.45) is 0. The van der Waals surface area contributed by atoms with Gasteiger partial charge in [0.15, 0.2) is 0 Å². The molecule has 0 heterocycles. The zero-order valence-corrected chi connectivity index (χ0v) is 23.9. The first-order chi connectivity index (χ1) is 20.5. The molecule has 0 spiro atoms. The maximum atomic E-state index is 13.2. The Bertz CT molecular complexity index is 1670. The second-order valence-corrected chi connectivity index (χ2v) is 9.53. The Balaban J connectivity index is 1.41. The number of ether oxygens (including phenoxy) is 1. The smallest absolute Gasteiger partial charge is 0.337 e. The lowest BCUT2D eigenvalue weighted by Crippen LogP contribution is -2.28. The van der Waals surface area contributed by atoms with Crippen molar-refractivity contribution in [2.24, 2.45) is 0 Å². The molecule has 3 amide bonds. The Morgan fingerprint density at radius 3 is 1.09 bits per heavy atom. The van der Waals surface area contributed by atoms with Crippen LogP contribution in [0.15, 0.2) is 97.1 Å². The number of hydrogen-bond donors (Lipinski definition) is 0. The van der Waals surface area contributed by atoms with Crippen molar-refractivity contribution in [1.82, 2.24) is 0 Å². The third kappa shape index (κ3) is 6.57. The number of nitrogens with zero attached hydrogens (tertiary/aromatic N) is 4. The summed E-state index contributed by atoms with van der Waals surface area (Å²) in [6, 6.07) is 24.9. The van der Waals surface area contributed by atoms with Crippen molar-refractivity contribution < 1.29 is 28.8 Å². The summed E-state index contributed by atoms with van der Waals surface area (Å²) in [5.41, 5.74) is 3.06. The molecule has 0 aliphatic carbocycles. The van der Waals surface area contributed by atoms with Gasteiger partial charge in [-0.3, -0.25) is 24.5 Å². The zero-order chi connectivity index (χ0) is 31.3. The van der Waals surface area contributed by atoms with Gasteiger partial charge in [-0.05, 0) is 84.9 Å². The Morgan fingerprint density at radius 1 is 0.535 bits per heavy atom. The molecule has 0 radical (unpaired) electrons. The fourth-order valence-electron chi connectivity index (χ4n) is 4.25. The monoisotopic (exact) mass is 580 g/mol. The predicted molar refractivity (Wildman–Crippen MR) is 162 cm³/mol. The minimum absolute atomic E-state index is 0.108. The van der Waals surface area contributed by atoms with Crippen molar-refractivity contribution in [2.45, 2.75) is 0 Å². The number of nitro groups is 1. The summed E-state index contributed by atoms with van der Waals surface area (Å²) in [7, 11) is 6.11. The maximum Gasteiger partial charge on any atom is 0.337 e. The number of carbonyl (C=O) groups excluding carboxylic acids is 4. The SMILES string of the molecule is COC(=O)c1ccc(N(C)C(=O)c2ccc(N(C)C(=O)c3ccc(N(C)C(=O)c4ccc([N+](=O)[O-])cc4)cc3)cc2)cc1. The summed E-state index contributed by atoms with van der Waals surface area (Å²) < 4.78 is 4.70. The Kier molecular flexibility index (Phi) is 8.95. The topological polar surface area (TPSA) is 130 Å². The van der Waals surface area contributed by atoms with Crippen LogP contribution in [-0.2, 0) is 4.74 Å². The van der Waals surface area contributed by atoms with E-state index in [0.717, 1.165) is 0 Å². The van der Waals surface area contributed by atoms with Gasteiger partial charge in [0.05, 0.1) is 17.6 Å². The van der Waals surface area contributed by atoms with E-state index in [2.05, 4.69) is 0 Å². The molecule has 0 saturated carbocycles. The molecule has 0 atom stereocenters. The van der Waals surface area contributed by atoms with Crippen molar-refractivity contribution in [2.75, 3.05) is 43.0 Å². The summed E-state index contributed by atoms with van der Waals surface area (Å²) in [5, 5.41) is 10.9. The second-order valence-electron chi connectivity index (χ2n) is 9.53. The van der Waals surface area contributed by atoms with Crippen LogP contribution >= 0.6 is 0 Å². The first kappa shape index (κ1) is 30.1. The molecule has 0 aliphatic heterocycles. The summed E-state index contributed by atoms with van der Waals surface area (Å²) >= 11 is 0. The number of anilines is 3. The summed E-state index contributed by atoms with van der Waals surface area (Å²) in [5.74, 6) is -1.38. The van der Waals surface area contributed by atoms with E-state index in [0.29, 0.717) is 33.8 Å². The molecule has 4 rings (SSSR count). The van der Waals surface area contributed by atoms with Gasteiger partial charge >= 0.3 is 5.97 Å². The molecule has 0 fully saturated rings. The van der Waals surface area contributed by atoms with E-state index in [4.69, 9.17) is 4.74 Å². The predicted octanol–water partition coefficient (Wildman–Crippen LogP) is 5.21. The molecule has 0 bridgehead atoms. The molecule has 0 saturated heterocycles. The highest BCUT2D eigenvalue weighted by atomic mass is 16.6. The van der Waals surface area contributed by atoms with Gasteiger partial charge in [0.25, 0.3) is 23.4 Å². The van der Waals surface area contributed by atoms with Gasteiger partial charge in [-0.15, -0.1) is 0 Å². The Hall–Kier alpha value is -5.84. The van der Waals surface area contributed by atoms with Crippen molar-refractivity contribution in [3.05, 3.63) is 129 Å². The fourth-order valence-corrected chi connectivity index (χ4v) is 4.25. The Morgan fingerprint density at radius 2 is 0.814 bits per heavy atom. The maximum absolute atomic E-state index is 13.2. The standard InChI is InChI=1S/C32H28N4O7/c1-33(25-13-7-22(8-14-25)30(38)35(3)27-17-11-24(12-18-27)32(40)43-4)29(37)21-5-15-26(16-6-21)34(2)31(39)23-9-19-28(20-10-23)36(41)42/h5-20H,1-4H3. The zero-order valence-electron chi connectivity index (χ0n) is 23.9. The van der Waals surface area contributed by atoms with E-state index >= 15 is 0 Å². The molecular weight excluding hydrogens is 552 g/mol. The molecule has 0 unspecified atom stereocenters. The second kappa shape index (κ2) is 12.8. The van der Waals surface area contributed by atoms with Crippen LogP contribution < -0.4 is 14.7 Å². The number of benzene rings is 4. The van der Waals surface area contributed by atoms with Crippen LogP contribution in [0.25, 0.3) is 0 Å². The van der Waals surface area contributed by atoms with E-state index < -0.39 is 10.9 Å². The largest absolute Gasteiger partial charge is 0.465 e. The highest BCUT2D eigenvalue weighted by Crippen LogP contribution is 2.23. The number of carbonyl (C=O) groups is 4. The lowest BCUT2D eigenvalue weighted by atomic mass is 10.1. The fraction of sp³-hybridized carbons (Fsp3) is 0.125. The minimum Gasteiger partial charge on any atom is -0.465 e. The van der Waals surface area contributed by atoms with Crippen LogP contribution in [0.3, 0.4) is 0 Å². The lowest BCUT2D eigenvalue weighted by Gasteiger charge is -2.21. The van der Waals surface area contributed by atoms with Gasteiger partial charge in [0, 0.05) is 67.0 Å². The molecule has 0 aromatic heterocycles. The van der Waals surface area contributed by atoms with E-state index in [1.807, 2.05) is 0 Å². The molecule has 11 nitrogen and oxygen atoms in total. The van der Waals surface area contributed by atoms with Gasteiger partial charge in [-0.1, -0.05) is 0 Å². The number of esters is 1. The van der Waals surface area contributed by atoms with Gasteiger partial charge in [0.1, 0.15) is 0 Å². The van der Waals surface area contributed by atoms with Gasteiger partial charge in [0.2, 0.25) is 0 Å². The number of non-ortho nitro benzene ring substituents is 1. The van der Waals surface area contributed by atoms with E-state index in [-0.39, 0.29) is 29.0 Å². The summed E-state index contributed by atoms with van der Waals surface area (Å²) in [4.78, 5) is 65.3. The molecule has 4 aromatic carbocycles. The third-order valence-electron chi connectivity index (χ3n) is 6.92. The first-order valence-electron chi connectivity index (χ1n) is 13.0. The number of nitro benzene ring substituents is 1. The molecule has 0 N–H and O–H groups in total. The van der Waals surface area contributed by atoms with E-state index in [1.165, 1.54) is 46.1 Å². The molecule has 4 aromatic rings. The van der Waals surface area contributed by atoms with Crippen LogP contribution in [-0.4, -0.2) is 56.9 Å². The minimum atomic E-state index is -0.534. The third-order valence-corrected chi connectivity index (χ3v) is 6.92. The molecule has 218 valence electrons. The van der Waals surface area contributed by atoms with Crippen LogP contribution in [0.4, 0.5) is 22.7 Å². The van der Waals surface area contributed by atoms with E-state index in [1.54, 1.807) is 93.9 Å². The van der Waals surface area contributed by atoms with Crippen LogP contribution in [0.5, 0.6) is 0 Å². The lowest BCUT2D eigenvalue weighted by molar-refractivity contribution is -0.384. The first-order valence-corrected chi connectivity index (χ1v) is 13.0. The van der Waals surface area contributed by atoms with Crippen molar-refractivity contribution in [3.63, 3.8) is 0 Å². The Labute approximate surface area is 247 Å². The molecule has 11 heteroatoms. The van der Waals surface area contributed by atoms with Crippen molar-refractivity contribution in [3.8, 4) is 0 Å². The highest BCUT2D eigenvalue weighted by molar-refractivity contribution is 6.09. The van der Waals surface area contributed by atoms with Crippen molar-refractivity contribution in [1.29, 1.82) is 0 Å². The number of amides is 3. The number of methoxy groups -OCH3 is 1. The van der Waals surface area contributed by atoms with Crippen LogP contribution in [0, 0.1) is 10.1 Å². The van der Waals surface area contributed by atoms with Crippen LogP contribution in [0.2, 0.25) is 0 Å². The molecular formula is C32H28N4O7. The molecule has 0 aliphatic rings. The molecule has 43 heavy (non-hydrogen) atoms.